The molecule has 1 aliphatic rings. The summed E-state index contributed by atoms with van der Waals surface area (Å²) in [6.45, 7) is 0. The predicted molar refractivity (Wildman–Crippen MR) is 53.2 cm³/mol. The Balaban J connectivity index is 2.65. The summed E-state index contributed by atoms with van der Waals surface area (Å²) in [5.74, 6) is -1.30. The summed E-state index contributed by atoms with van der Waals surface area (Å²) in [5.41, 5.74) is -1.32. The maximum Gasteiger partial charge on any atom is 0.340 e. The maximum atomic E-state index is 11.0. The molecule has 1 unspecified atom stereocenters. The van der Waals surface area contributed by atoms with Gasteiger partial charge in [0.15, 0.2) is 5.60 Å². The molecular formula is C11H10O4. The molecule has 0 radical (unpaired) electrons. The highest BCUT2D eigenvalue weighted by Crippen LogP contribution is 2.36. The number of fused-ring (bicyclic) bond motifs is 1. The third-order valence-corrected chi connectivity index (χ3v) is 2.59. The standard InChI is InChI=1S/C11H10O4/c12-9-5-6-11(15,10(13)14)8-4-2-1-3-7(8)9/h1-5,12,15H,6H2,(H,13,14). The van der Waals surface area contributed by atoms with Crippen LogP contribution in [0.2, 0.25) is 0 Å². The third-order valence-electron chi connectivity index (χ3n) is 2.59. The van der Waals surface area contributed by atoms with Gasteiger partial charge in [0.25, 0.3) is 0 Å². The molecule has 0 spiro atoms. The molecule has 0 saturated heterocycles. The molecule has 1 aliphatic carbocycles. The van der Waals surface area contributed by atoms with Crippen LogP contribution in [0.1, 0.15) is 17.5 Å². The van der Waals surface area contributed by atoms with Crippen molar-refractivity contribution < 1.29 is 20.1 Å². The van der Waals surface area contributed by atoms with Crippen molar-refractivity contribution in [1.29, 1.82) is 0 Å². The molecule has 3 N–H and O–H groups in total. The summed E-state index contributed by atoms with van der Waals surface area (Å²) >= 11 is 0. The van der Waals surface area contributed by atoms with Gasteiger partial charge >= 0.3 is 5.97 Å². The number of aliphatic hydroxyl groups excluding tert-OH is 1. The van der Waals surface area contributed by atoms with Gasteiger partial charge in [-0.1, -0.05) is 24.3 Å². The zero-order valence-corrected chi connectivity index (χ0v) is 7.84. The van der Waals surface area contributed by atoms with Crippen molar-refractivity contribution in [2.24, 2.45) is 0 Å². The van der Waals surface area contributed by atoms with Gasteiger partial charge < -0.3 is 15.3 Å². The van der Waals surface area contributed by atoms with Crippen LogP contribution in [0.4, 0.5) is 0 Å². The van der Waals surface area contributed by atoms with E-state index in [4.69, 9.17) is 5.11 Å². The SMILES string of the molecule is O=C(O)C1(O)CC=C(O)c2ccccc21. The Kier molecular flexibility index (Phi) is 2.01. The summed E-state index contributed by atoms with van der Waals surface area (Å²) < 4.78 is 0. The molecule has 2 rings (SSSR count). The summed E-state index contributed by atoms with van der Waals surface area (Å²) in [6, 6.07) is 6.39. The Morgan fingerprint density at radius 2 is 2.00 bits per heavy atom. The van der Waals surface area contributed by atoms with Gasteiger partial charge in [-0.05, 0) is 6.08 Å². The number of carboxylic acids is 1. The first-order valence-electron chi connectivity index (χ1n) is 4.50. The second-order valence-electron chi connectivity index (χ2n) is 3.50. The number of hydrogen-bond acceptors (Lipinski definition) is 3. The van der Waals surface area contributed by atoms with Gasteiger partial charge in [0.1, 0.15) is 5.76 Å². The fourth-order valence-electron chi connectivity index (χ4n) is 1.73. The van der Waals surface area contributed by atoms with E-state index in [1.807, 2.05) is 0 Å². The van der Waals surface area contributed by atoms with Crippen LogP contribution in [-0.4, -0.2) is 21.3 Å². The summed E-state index contributed by atoms with van der Waals surface area (Å²) in [5, 5.41) is 28.5. The van der Waals surface area contributed by atoms with Gasteiger partial charge in [-0.3, -0.25) is 0 Å². The average Bonchev–Trinajstić information content (AvgIpc) is 2.24. The number of aliphatic carboxylic acids is 1. The highest BCUT2D eigenvalue weighted by molar-refractivity contribution is 5.84. The van der Waals surface area contributed by atoms with Crippen molar-refractivity contribution in [3.63, 3.8) is 0 Å². The normalized spacial score (nSPS) is 24.2. The van der Waals surface area contributed by atoms with Crippen LogP contribution in [0.5, 0.6) is 0 Å². The van der Waals surface area contributed by atoms with E-state index in [0.29, 0.717) is 5.56 Å². The van der Waals surface area contributed by atoms with Crippen molar-refractivity contribution in [2.75, 3.05) is 0 Å². The first-order valence-corrected chi connectivity index (χ1v) is 4.50. The zero-order valence-electron chi connectivity index (χ0n) is 7.84. The molecule has 1 aromatic rings. The van der Waals surface area contributed by atoms with Gasteiger partial charge in [-0.2, -0.15) is 0 Å². The zero-order chi connectivity index (χ0) is 11.1. The minimum absolute atomic E-state index is 0.0107. The molecule has 1 atom stereocenters. The van der Waals surface area contributed by atoms with Crippen molar-refractivity contribution >= 4 is 11.7 Å². The van der Waals surface area contributed by atoms with Crippen molar-refractivity contribution in [2.45, 2.75) is 12.0 Å². The predicted octanol–water partition coefficient (Wildman–Crippen LogP) is 1.26. The monoisotopic (exact) mass is 206 g/mol. The average molecular weight is 206 g/mol. The number of benzene rings is 1. The Labute approximate surface area is 86.1 Å². The van der Waals surface area contributed by atoms with Crippen LogP contribution in [0.15, 0.2) is 30.3 Å². The van der Waals surface area contributed by atoms with E-state index < -0.39 is 11.6 Å². The maximum absolute atomic E-state index is 11.0. The first kappa shape index (κ1) is 9.73. The molecule has 4 nitrogen and oxygen atoms in total. The molecule has 0 fully saturated rings. The summed E-state index contributed by atoms with van der Waals surface area (Å²) in [4.78, 5) is 11.0. The molecule has 1 aromatic carbocycles. The molecule has 78 valence electrons. The van der Waals surface area contributed by atoms with Gasteiger partial charge in [-0.25, -0.2) is 4.79 Å². The summed E-state index contributed by atoms with van der Waals surface area (Å²) in [6.07, 6.45) is 1.20. The largest absolute Gasteiger partial charge is 0.508 e. The van der Waals surface area contributed by atoms with Gasteiger partial charge in [0, 0.05) is 17.5 Å². The van der Waals surface area contributed by atoms with E-state index in [1.165, 1.54) is 12.1 Å². The third kappa shape index (κ3) is 1.30. The lowest BCUT2D eigenvalue weighted by molar-refractivity contribution is -0.159. The van der Waals surface area contributed by atoms with E-state index in [9.17, 15) is 15.0 Å². The smallest absolute Gasteiger partial charge is 0.340 e. The molecule has 0 aliphatic heterocycles. The Morgan fingerprint density at radius 1 is 1.33 bits per heavy atom. The van der Waals surface area contributed by atoms with Crippen LogP contribution in [0, 0.1) is 0 Å². The van der Waals surface area contributed by atoms with Gasteiger partial charge in [-0.15, -0.1) is 0 Å². The van der Waals surface area contributed by atoms with Crippen LogP contribution in [0.3, 0.4) is 0 Å². The molecule has 0 bridgehead atoms. The Bertz CT molecular complexity index is 450. The van der Waals surface area contributed by atoms with Gasteiger partial charge in [0.05, 0.1) is 0 Å². The van der Waals surface area contributed by atoms with Crippen molar-refractivity contribution in [3.05, 3.63) is 41.5 Å². The number of aliphatic hydroxyl groups is 2. The van der Waals surface area contributed by atoms with Crippen molar-refractivity contribution in [1.82, 2.24) is 0 Å². The van der Waals surface area contributed by atoms with E-state index in [2.05, 4.69) is 0 Å². The number of rotatable bonds is 1. The molecule has 15 heavy (non-hydrogen) atoms. The summed E-state index contributed by atoms with van der Waals surface area (Å²) in [7, 11) is 0. The minimum Gasteiger partial charge on any atom is -0.508 e. The highest BCUT2D eigenvalue weighted by atomic mass is 16.4. The number of hydrogen-bond donors (Lipinski definition) is 3. The molecular weight excluding hydrogens is 196 g/mol. The van der Waals surface area contributed by atoms with E-state index >= 15 is 0 Å². The Hall–Kier alpha value is -1.81. The minimum atomic E-state index is -1.93. The topological polar surface area (TPSA) is 77.8 Å². The Morgan fingerprint density at radius 3 is 2.67 bits per heavy atom. The van der Waals surface area contributed by atoms with Crippen LogP contribution in [0.25, 0.3) is 5.76 Å². The molecule has 0 aromatic heterocycles. The lowest BCUT2D eigenvalue weighted by Crippen LogP contribution is -2.37. The molecule has 0 heterocycles. The molecule has 4 heteroatoms. The molecule has 0 amide bonds. The van der Waals surface area contributed by atoms with Crippen LogP contribution < -0.4 is 0 Å². The second-order valence-corrected chi connectivity index (χ2v) is 3.50. The number of carboxylic acid groups (broad SMARTS) is 1. The van der Waals surface area contributed by atoms with E-state index in [-0.39, 0.29) is 17.7 Å². The van der Waals surface area contributed by atoms with Crippen LogP contribution >= 0.6 is 0 Å². The van der Waals surface area contributed by atoms with Crippen molar-refractivity contribution in [3.8, 4) is 0 Å². The number of carbonyl (C=O) groups is 1. The lowest BCUT2D eigenvalue weighted by Gasteiger charge is -2.28. The second kappa shape index (κ2) is 3.10. The quantitative estimate of drug-likeness (QED) is 0.646. The van der Waals surface area contributed by atoms with Crippen LogP contribution in [-0.2, 0) is 10.4 Å². The highest BCUT2D eigenvalue weighted by Gasteiger charge is 2.41. The fraction of sp³-hybridized carbons (Fsp3) is 0.182. The molecule has 0 saturated carbocycles. The van der Waals surface area contributed by atoms with Gasteiger partial charge in [0.2, 0.25) is 0 Å². The van der Waals surface area contributed by atoms with E-state index in [0.717, 1.165) is 0 Å². The van der Waals surface area contributed by atoms with E-state index in [1.54, 1.807) is 18.2 Å². The fourth-order valence-corrected chi connectivity index (χ4v) is 1.73. The first-order chi connectivity index (χ1) is 7.05. The lowest BCUT2D eigenvalue weighted by atomic mass is 9.82.